The van der Waals surface area contributed by atoms with Crippen LogP contribution in [0.1, 0.15) is 86.1 Å². The standard InChI is InChI=1S/C16H13F3N4O.C14H11BrF3NO.C14H12F3NO.C7H6BF3O2.C7H8BrNO.C6H6BrNO.C6H7NO.C2H3N3.CH4O.4CH4.Br2/c1-24-14-6-5-13(8-23-10-20-9-21-23)22-15(14)11-3-2-4-12(7-11)16(17,18)19;1-20-12-6-5-11(8-15)19-13(12)9-3-2-4-10(7-9)14(16,17)18;1-9-6-7-12(19-2)13(18-9)10-4-3-5-11(8-10)14(15,16)17;9-7(10,11)5-2-1-3-6(4-5)8(12)13;1-5-3-4-6(10-2)7(8)9-5;1-4-2-3-5(9)6(7)8-4;1-5-2-3-6(8)4-7-5;1-3-2-5-4-1;1-2;;;;;1-2/h2-7,9-10H,8H2,1H3;2-7H,8H2,1H3;3-8H,1-2H3;1-4,12-13H;3-4H,1-2H3;2-3,9H,1H3;2-4,8H,1H3;1-2H,(H,3,4,5);2H,1H3;4*1H4;. The van der Waals surface area contributed by atoms with Gasteiger partial charge in [0.2, 0.25) is 0 Å². The van der Waals surface area contributed by atoms with Gasteiger partial charge in [-0.05, 0) is 174 Å². The first-order chi connectivity index (χ1) is 53.0. The molecule has 6 N–H and O–H groups in total. The molecule has 12 rings (SSSR count). The van der Waals surface area contributed by atoms with Crippen molar-refractivity contribution in [3.8, 4) is 68.3 Å². The molecule has 12 aromatic rings. The van der Waals surface area contributed by atoms with Crippen LogP contribution in [0.3, 0.4) is 0 Å². The van der Waals surface area contributed by atoms with Gasteiger partial charge in [-0.1, -0.05) is 106 Å². The molecule has 0 spiro atoms. The predicted molar refractivity (Wildman–Crippen MR) is 443 cm³/mol. The number of nitrogens with zero attached hydrogens (tertiary/aromatic N) is 11. The van der Waals surface area contributed by atoms with E-state index in [2.05, 4.69) is 131 Å². The van der Waals surface area contributed by atoms with E-state index in [9.17, 15) is 52.7 Å². The number of aliphatic hydroxyl groups excluding tert-OH is 1. The number of nitrogens with one attached hydrogen (secondary N) is 1. The minimum absolute atomic E-state index is 0. The smallest absolute Gasteiger partial charge is 0.488 e. The van der Waals surface area contributed by atoms with Crippen LogP contribution in [0.2, 0.25) is 0 Å². The third-order valence-corrected chi connectivity index (χ3v) is 15.4. The number of methoxy groups -OCH3 is 4. The maximum absolute atomic E-state index is 12.9. The molecule has 0 saturated carbocycles. The molecule has 0 amide bonds. The van der Waals surface area contributed by atoms with Gasteiger partial charge in [0.25, 0.3) is 0 Å². The molecule has 0 aliphatic carbocycles. The molecule has 39 heteroatoms. The quantitative estimate of drug-likeness (QED) is 0.0304. The molecule has 116 heavy (non-hydrogen) atoms. The number of ether oxygens (including phenoxy) is 4. The van der Waals surface area contributed by atoms with Crippen LogP contribution in [0.5, 0.6) is 34.5 Å². The number of benzene rings is 4. The van der Waals surface area contributed by atoms with E-state index in [0.29, 0.717) is 85.0 Å². The maximum Gasteiger partial charge on any atom is 0.488 e. The number of rotatable bonds is 11. The summed E-state index contributed by atoms with van der Waals surface area (Å²) in [5, 5.41) is 52.3. The minimum atomic E-state index is -4.45. The van der Waals surface area contributed by atoms with Crippen LogP contribution < -0.4 is 24.4 Å². The first kappa shape index (κ1) is 108. The molecular weight excluding hydrogens is 1880 g/mol. The Bertz CT molecular complexity index is 4710. The van der Waals surface area contributed by atoms with E-state index < -0.39 is 54.1 Å². The number of hydrogen-bond acceptors (Lipinski definition) is 19. The van der Waals surface area contributed by atoms with E-state index in [1.54, 1.807) is 97.6 Å². The molecule has 0 radical (unpaired) electrons. The number of aryl methyl sites for hydroxylation is 4. The van der Waals surface area contributed by atoms with Gasteiger partial charge in [-0.25, -0.2) is 39.6 Å². The largest absolute Gasteiger partial charge is 0.506 e. The average Bonchev–Trinajstić information content (AvgIpc) is 0.914. The van der Waals surface area contributed by atoms with E-state index in [0.717, 1.165) is 88.8 Å². The number of hydrogen-bond donors (Lipinski definition) is 6. The molecule has 0 aliphatic rings. The Balaban J connectivity index is 0. The molecule has 0 aliphatic heterocycles. The number of aromatic nitrogens is 12. The highest BCUT2D eigenvalue weighted by Gasteiger charge is 2.34. The molecule has 21 nitrogen and oxygen atoms in total. The van der Waals surface area contributed by atoms with Crippen molar-refractivity contribution in [3.05, 3.63) is 267 Å². The summed E-state index contributed by atoms with van der Waals surface area (Å²) in [4.78, 5) is 32.3. The van der Waals surface area contributed by atoms with Crippen molar-refractivity contribution in [2.24, 2.45) is 0 Å². The number of aromatic hydroxyl groups is 2. The first-order valence-corrected chi connectivity index (χ1v) is 37.9. The number of aromatic amines is 1. The number of alkyl halides is 13. The maximum atomic E-state index is 12.9. The second-order valence-electron chi connectivity index (χ2n) is 21.7. The Morgan fingerprint density at radius 1 is 0.448 bits per heavy atom. The van der Waals surface area contributed by atoms with E-state index >= 15 is 0 Å². The fourth-order valence-electron chi connectivity index (χ4n) is 8.49. The van der Waals surface area contributed by atoms with Crippen molar-refractivity contribution in [1.29, 1.82) is 0 Å². The van der Waals surface area contributed by atoms with Crippen LogP contribution in [0.25, 0.3) is 33.8 Å². The van der Waals surface area contributed by atoms with Gasteiger partial charge >= 0.3 is 31.8 Å². The molecule has 0 fully saturated rings. The van der Waals surface area contributed by atoms with Crippen molar-refractivity contribution < 1.29 is 97.0 Å². The van der Waals surface area contributed by atoms with Crippen LogP contribution >= 0.6 is 76.0 Å². The van der Waals surface area contributed by atoms with Crippen LogP contribution in [0, 0.1) is 27.7 Å². The second kappa shape index (κ2) is 54.3. The average molecular weight is 1960 g/mol. The molecule has 8 heterocycles. The lowest BCUT2D eigenvalue weighted by Crippen LogP contribution is -2.30. The van der Waals surface area contributed by atoms with E-state index in [4.69, 9.17) is 44.3 Å². The van der Waals surface area contributed by atoms with Crippen LogP contribution in [0.4, 0.5) is 52.7 Å². The van der Waals surface area contributed by atoms with Gasteiger partial charge in [0.15, 0.2) is 5.75 Å². The highest BCUT2D eigenvalue weighted by molar-refractivity contribution is 9.93. The highest BCUT2D eigenvalue weighted by Crippen LogP contribution is 2.38. The molecule has 0 atom stereocenters. The topological polar surface area (TPSA) is 288 Å². The number of H-pyrrole nitrogens is 1. The monoisotopic (exact) mass is 1960 g/mol. The summed E-state index contributed by atoms with van der Waals surface area (Å²) in [5.41, 5.74) is 3.91. The highest BCUT2D eigenvalue weighted by atomic mass is 80.9. The summed E-state index contributed by atoms with van der Waals surface area (Å²) < 4.78 is 175. The predicted octanol–water partition coefficient (Wildman–Crippen LogP) is 21.3. The lowest BCUT2D eigenvalue weighted by atomic mass is 9.79. The Kier molecular flexibility index (Phi) is 50.8. The van der Waals surface area contributed by atoms with Gasteiger partial charge in [0.05, 0.1) is 74.8 Å². The SMILES string of the molecule is BrBr.C.C.C.C.CO.COc1ccc(C)nc1-c1cccc(C(F)(F)F)c1.COc1ccc(C)nc1Br.COc1ccc(CBr)nc1-c1cccc(C(F)(F)F)c1.COc1ccc(Cn2cncn2)nc1-c1cccc(C(F)(F)F)c1.Cc1ccc(O)c(Br)n1.Cc1ccc(O)cn1.OB(O)c1cccc(C(F)(F)F)c1.c1nc[nH]n1. The van der Waals surface area contributed by atoms with Crippen molar-refractivity contribution >= 4 is 88.6 Å². The zero-order valence-electron chi connectivity index (χ0n) is 60.3. The zero-order chi connectivity index (χ0) is 83.9. The zero-order valence-corrected chi connectivity index (χ0v) is 68.2. The summed E-state index contributed by atoms with van der Waals surface area (Å²) in [6.45, 7) is 7.81. The summed E-state index contributed by atoms with van der Waals surface area (Å²) in [5.74, 6) is 2.46. The fourth-order valence-corrected chi connectivity index (χ4v) is 9.79. The van der Waals surface area contributed by atoms with Crippen molar-refractivity contribution in [2.75, 3.05) is 35.5 Å². The third kappa shape index (κ3) is 38.0. The Morgan fingerprint density at radius 2 is 0.836 bits per heavy atom. The fraction of sp³-hybridized carbons (Fsp3) is 0.247. The Labute approximate surface area is 705 Å². The summed E-state index contributed by atoms with van der Waals surface area (Å²) in [7, 11) is 5.12. The lowest BCUT2D eigenvalue weighted by Gasteiger charge is -2.12. The van der Waals surface area contributed by atoms with Crippen molar-refractivity contribution in [3.63, 3.8) is 0 Å². The summed E-state index contributed by atoms with van der Waals surface area (Å²) in [6.07, 6.45) is -10.3. The van der Waals surface area contributed by atoms with Crippen LogP contribution in [-0.4, -0.2) is 128 Å². The van der Waals surface area contributed by atoms with E-state index in [1.165, 1.54) is 77.1 Å². The van der Waals surface area contributed by atoms with Gasteiger partial charge in [-0.3, -0.25) is 10.1 Å². The molecule has 0 saturated heterocycles. The van der Waals surface area contributed by atoms with Crippen molar-refractivity contribution in [1.82, 2.24) is 59.8 Å². The summed E-state index contributed by atoms with van der Waals surface area (Å²) in [6, 6.07) is 39.8. The number of halogens is 17. The molecular formula is C77H86BBr5F12N12O9. The van der Waals surface area contributed by atoms with Crippen LogP contribution in [-0.2, 0) is 36.6 Å². The van der Waals surface area contributed by atoms with E-state index in [1.807, 2.05) is 32.9 Å². The molecule has 0 unspecified atom stereocenters. The molecule has 8 aromatic heterocycles. The molecule has 630 valence electrons. The van der Waals surface area contributed by atoms with Crippen molar-refractivity contribution in [2.45, 2.75) is 94.0 Å². The lowest BCUT2D eigenvalue weighted by molar-refractivity contribution is -0.138. The minimum Gasteiger partial charge on any atom is -0.506 e. The Hall–Kier alpha value is -9.64. The van der Waals surface area contributed by atoms with Gasteiger partial charge in [-0.2, -0.15) is 62.9 Å². The normalized spacial score (nSPS) is 10.1. The number of aliphatic hydroxyl groups is 1. The third-order valence-electron chi connectivity index (χ3n) is 13.7. The Morgan fingerprint density at radius 3 is 1.18 bits per heavy atom. The number of pyridine rings is 6. The molecule has 0 bridgehead atoms. The van der Waals surface area contributed by atoms with Crippen LogP contribution in [0.15, 0.2) is 211 Å². The second-order valence-corrected chi connectivity index (χ2v) is 23.8. The van der Waals surface area contributed by atoms with E-state index in [-0.39, 0.29) is 46.7 Å². The summed E-state index contributed by atoms with van der Waals surface area (Å²) >= 11 is 15.1. The van der Waals surface area contributed by atoms with Gasteiger partial charge in [0, 0.05) is 80.2 Å². The van der Waals surface area contributed by atoms with Gasteiger partial charge in [-0.15, -0.1) is 0 Å². The van der Waals surface area contributed by atoms with Gasteiger partial charge in [0.1, 0.15) is 80.3 Å². The van der Waals surface area contributed by atoms with Gasteiger partial charge < -0.3 is 44.3 Å². The molecule has 4 aromatic carbocycles. The first-order valence-electron chi connectivity index (χ1n) is 31.5.